The predicted octanol–water partition coefficient (Wildman–Crippen LogP) is 3.77. The fourth-order valence-electron chi connectivity index (χ4n) is 6.97. The van der Waals surface area contributed by atoms with Crippen molar-refractivity contribution in [2.24, 2.45) is 0 Å². The van der Waals surface area contributed by atoms with Crippen molar-refractivity contribution < 1.29 is 23.8 Å². The van der Waals surface area contributed by atoms with E-state index in [9.17, 15) is 19.5 Å². The van der Waals surface area contributed by atoms with Crippen molar-refractivity contribution in [3.05, 3.63) is 94.5 Å². The molecule has 14 heteroatoms. The van der Waals surface area contributed by atoms with E-state index in [0.29, 0.717) is 41.4 Å². The number of hydrogen-bond donors (Lipinski definition) is 4. The molecule has 276 valence electrons. The number of nitrogen functional groups attached to an aromatic ring is 1. The second kappa shape index (κ2) is 16.3. The van der Waals surface area contributed by atoms with E-state index < -0.39 is 17.7 Å². The number of benzene rings is 3. The number of aryl methyl sites for hydroxylation is 1. The normalized spacial score (nSPS) is 16.3. The van der Waals surface area contributed by atoms with Gasteiger partial charge in [0.25, 0.3) is 0 Å². The number of piperazine rings is 1. The van der Waals surface area contributed by atoms with Gasteiger partial charge in [0.2, 0.25) is 11.8 Å². The van der Waals surface area contributed by atoms with Gasteiger partial charge in [-0.3, -0.25) is 19.5 Å². The molecule has 2 amide bonds. The van der Waals surface area contributed by atoms with Gasteiger partial charge in [-0.1, -0.05) is 30.3 Å². The third-order valence-electron chi connectivity index (χ3n) is 9.83. The first-order valence-corrected chi connectivity index (χ1v) is 18.1. The van der Waals surface area contributed by atoms with Gasteiger partial charge in [0.15, 0.2) is 11.4 Å². The number of anilines is 3. The summed E-state index contributed by atoms with van der Waals surface area (Å²) < 4.78 is 12.6. The van der Waals surface area contributed by atoms with Crippen molar-refractivity contribution in [3.63, 3.8) is 0 Å². The average Bonchev–Trinajstić information content (AvgIpc) is 3.49. The van der Waals surface area contributed by atoms with Crippen molar-refractivity contribution in [1.82, 2.24) is 25.4 Å². The molecule has 0 spiro atoms. The molecule has 2 aliphatic heterocycles. The van der Waals surface area contributed by atoms with Crippen LogP contribution in [0.4, 0.5) is 17.2 Å². The standard InChI is InChI=1S/C39H44N8O6/c40-37-33(24-30(43-44-37)29-6-1-2-7-34(29)48)46-19-17-45(18-20-46)28-11-8-27(9-12-28)25-41-16-4-22-52-21-3-5-26-10-13-31-35(23-26)53-39(51)47(31)32-14-15-36(49)42-38(32)50/h1-2,6-13,23-24,32,41,48H,3-5,14-22,25H2,(H2,40,44)(H,42,49,50). The van der Waals surface area contributed by atoms with Crippen LogP contribution in [-0.4, -0.2) is 77.6 Å². The van der Waals surface area contributed by atoms with Gasteiger partial charge in [-0.15, -0.1) is 10.2 Å². The number of nitrogens with zero attached hydrogens (tertiary/aromatic N) is 5. The highest BCUT2D eigenvalue weighted by molar-refractivity contribution is 6.00. The van der Waals surface area contributed by atoms with E-state index in [4.69, 9.17) is 14.9 Å². The third kappa shape index (κ3) is 8.34. The molecule has 0 radical (unpaired) electrons. The van der Waals surface area contributed by atoms with Crippen LogP contribution < -0.4 is 31.9 Å². The van der Waals surface area contributed by atoms with Gasteiger partial charge in [-0.05, 0) is 85.8 Å². The Balaban J connectivity index is 0.784. The molecule has 5 N–H and O–H groups in total. The molecule has 14 nitrogen and oxygen atoms in total. The fourth-order valence-corrected chi connectivity index (χ4v) is 6.97. The number of piperidine rings is 1. The lowest BCUT2D eigenvalue weighted by molar-refractivity contribution is -0.135. The minimum atomic E-state index is -0.749. The molecule has 2 saturated heterocycles. The average molecular weight is 721 g/mol. The van der Waals surface area contributed by atoms with Gasteiger partial charge in [-0.25, -0.2) is 4.79 Å². The highest BCUT2D eigenvalue weighted by atomic mass is 16.5. The van der Waals surface area contributed by atoms with Crippen LogP contribution >= 0.6 is 0 Å². The number of imide groups is 1. The van der Waals surface area contributed by atoms with Crippen LogP contribution in [0, 0.1) is 0 Å². The van der Waals surface area contributed by atoms with Gasteiger partial charge >= 0.3 is 5.76 Å². The molecule has 5 aromatic rings. The molecule has 2 fully saturated rings. The Morgan fingerprint density at radius 2 is 1.66 bits per heavy atom. The summed E-state index contributed by atoms with van der Waals surface area (Å²) in [7, 11) is 0. The summed E-state index contributed by atoms with van der Waals surface area (Å²) in [5.41, 5.74) is 12.7. The summed E-state index contributed by atoms with van der Waals surface area (Å²) in [6.45, 7) is 6.20. The number of aromatic hydroxyl groups is 1. The number of phenolic OH excluding ortho intramolecular Hbond substituents is 1. The number of ether oxygens (including phenoxy) is 1. The first-order chi connectivity index (χ1) is 25.8. The lowest BCUT2D eigenvalue weighted by atomic mass is 10.1. The molecule has 3 aromatic carbocycles. The smallest absolute Gasteiger partial charge is 0.420 e. The van der Waals surface area contributed by atoms with E-state index in [1.165, 1.54) is 15.8 Å². The molecule has 53 heavy (non-hydrogen) atoms. The number of nitrogens with one attached hydrogen (secondary N) is 2. The van der Waals surface area contributed by atoms with Crippen molar-refractivity contribution in [1.29, 1.82) is 0 Å². The monoisotopic (exact) mass is 720 g/mol. The van der Waals surface area contributed by atoms with Crippen LogP contribution in [0.25, 0.3) is 22.4 Å². The Bertz CT molecular complexity index is 2120. The Labute approximate surface area is 306 Å². The Kier molecular flexibility index (Phi) is 11.0. The van der Waals surface area contributed by atoms with Gasteiger partial charge < -0.3 is 35.1 Å². The maximum absolute atomic E-state index is 12.5. The van der Waals surface area contributed by atoms with Gasteiger partial charge in [0.1, 0.15) is 11.8 Å². The van der Waals surface area contributed by atoms with Gasteiger partial charge in [-0.2, -0.15) is 0 Å². The maximum Gasteiger partial charge on any atom is 0.420 e. The highest BCUT2D eigenvalue weighted by Crippen LogP contribution is 2.32. The molecule has 7 rings (SSSR count). The Morgan fingerprint density at radius 3 is 2.45 bits per heavy atom. The quantitative estimate of drug-likeness (QED) is 0.0965. The molecule has 0 aliphatic carbocycles. The number of rotatable bonds is 14. The molecule has 1 unspecified atom stereocenters. The van der Waals surface area contributed by atoms with Crippen molar-refractivity contribution in [3.8, 4) is 17.0 Å². The SMILES string of the molecule is Nc1nnc(-c2ccccc2O)cc1N1CCN(c2ccc(CNCCCOCCCc3ccc4c(c3)oc(=O)n4C3CCC(=O)NC3=O)cc2)CC1. The molecule has 4 heterocycles. The van der Waals surface area contributed by atoms with E-state index in [1.807, 2.05) is 30.3 Å². The molecular weight excluding hydrogens is 676 g/mol. The number of phenols is 1. The largest absolute Gasteiger partial charge is 0.507 e. The minimum Gasteiger partial charge on any atom is -0.507 e. The zero-order valence-corrected chi connectivity index (χ0v) is 29.5. The van der Waals surface area contributed by atoms with Crippen molar-refractivity contribution in [2.45, 2.75) is 44.7 Å². The second-order valence-corrected chi connectivity index (χ2v) is 13.4. The molecule has 0 bridgehead atoms. The number of hydrogen-bond acceptors (Lipinski definition) is 12. The third-order valence-corrected chi connectivity index (χ3v) is 9.83. The number of carbonyl (C=O) groups is 2. The number of oxazole rings is 1. The summed E-state index contributed by atoms with van der Waals surface area (Å²) in [6.07, 6.45) is 2.96. The van der Waals surface area contributed by atoms with E-state index >= 15 is 0 Å². The minimum absolute atomic E-state index is 0.161. The topological polar surface area (TPSA) is 181 Å². The fraction of sp³-hybridized carbons (Fsp3) is 0.359. The number of para-hydroxylation sites is 1. The van der Waals surface area contributed by atoms with Crippen LogP contribution in [-0.2, 0) is 27.3 Å². The Hall–Kier alpha value is -5.73. The van der Waals surface area contributed by atoms with Gasteiger partial charge in [0.05, 0.1) is 16.9 Å². The van der Waals surface area contributed by atoms with E-state index in [1.54, 1.807) is 18.2 Å². The molecule has 1 atom stereocenters. The van der Waals surface area contributed by atoms with Crippen LogP contribution in [0.5, 0.6) is 5.75 Å². The molecule has 0 saturated carbocycles. The van der Waals surface area contributed by atoms with Crippen LogP contribution in [0.2, 0.25) is 0 Å². The number of nitrogens with two attached hydrogens (primary N) is 1. The summed E-state index contributed by atoms with van der Waals surface area (Å²) in [6, 6.07) is 22.5. The van der Waals surface area contributed by atoms with E-state index in [0.717, 1.165) is 69.8 Å². The lowest BCUT2D eigenvalue weighted by Gasteiger charge is -2.37. The van der Waals surface area contributed by atoms with Gasteiger partial charge in [0, 0.05) is 63.6 Å². The predicted molar refractivity (Wildman–Crippen MR) is 202 cm³/mol. The Morgan fingerprint density at radius 1 is 0.906 bits per heavy atom. The second-order valence-electron chi connectivity index (χ2n) is 13.4. The summed E-state index contributed by atoms with van der Waals surface area (Å²) in [5, 5.41) is 24.4. The molecule has 2 aliphatic rings. The highest BCUT2D eigenvalue weighted by Gasteiger charge is 2.31. The number of amides is 2. The zero-order chi connectivity index (χ0) is 36.7. The molecule has 2 aromatic heterocycles. The van der Waals surface area contributed by atoms with Crippen molar-refractivity contribution in [2.75, 3.05) is 61.5 Å². The van der Waals surface area contributed by atoms with Crippen LogP contribution in [0.1, 0.15) is 42.9 Å². The number of aromatic nitrogens is 3. The first kappa shape index (κ1) is 35.7. The summed E-state index contributed by atoms with van der Waals surface area (Å²) >= 11 is 0. The van der Waals surface area contributed by atoms with E-state index in [2.05, 4.69) is 54.9 Å². The number of fused-ring (bicyclic) bond motifs is 1. The number of carbonyl (C=O) groups excluding carboxylic acids is 2. The molecular formula is C39H44N8O6. The van der Waals surface area contributed by atoms with Crippen LogP contribution in [0.3, 0.4) is 0 Å². The van der Waals surface area contributed by atoms with E-state index in [-0.39, 0.29) is 24.5 Å². The first-order valence-electron chi connectivity index (χ1n) is 18.1. The van der Waals surface area contributed by atoms with Crippen LogP contribution in [0.15, 0.2) is 82.0 Å². The summed E-state index contributed by atoms with van der Waals surface area (Å²) in [4.78, 5) is 40.9. The van der Waals surface area contributed by atoms with Crippen molar-refractivity contribution >= 4 is 40.1 Å². The lowest BCUT2D eigenvalue weighted by Crippen LogP contribution is -2.46. The zero-order valence-electron chi connectivity index (χ0n) is 29.5. The maximum atomic E-state index is 12.5. The summed E-state index contributed by atoms with van der Waals surface area (Å²) in [5.74, 6) is -0.859.